The molecule has 1 heterocycles. The van der Waals surface area contributed by atoms with Crippen molar-refractivity contribution in [3.05, 3.63) is 77.6 Å². The number of hydrogen-bond acceptors (Lipinski definition) is 1. The van der Waals surface area contributed by atoms with Gasteiger partial charge in [0.15, 0.2) is 0 Å². The van der Waals surface area contributed by atoms with E-state index in [1.54, 1.807) is 0 Å². The monoisotopic (exact) mass is 317 g/mol. The molecular weight excluding hydrogens is 290 g/mol. The molecule has 0 aliphatic heterocycles. The van der Waals surface area contributed by atoms with Crippen molar-refractivity contribution in [3.63, 3.8) is 0 Å². The summed E-state index contributed by atoms with van der Waals surface area (Å²) in [5.74, 6) is 0. The zero-order chi connectivity index (χ0) is 17.4. The van der Waals surface area contributed by atoms with Gasteiger partial charge in [0.2, 0.25) is 0 Å². The molecule has 1 heteroatoms. The number of pyridine rings is 1. The Kier molecular flexibility index (Phi) is 4.21. The van der Waals surface area contributed by atoms with Crippen LogP contribution in [0.15, 0.2) is 60.8 Å². The van der Waals surface area contributed by atoms with Crippen LogP contribution in [0.25, 0.3) is 10.8 Å². The van der Waals surface area contributed by atoms with E-state index in [2.05, 4.69) is 94.2 Å². The fraction of sp³-hybridized carbons (Fsp3) is 0.348. The third-order valence-corrected chi connectivity index (χ3v) is 4.77. The average molecular weight is 317 g/mol. The highest BCUT2D eigenvalue weighted by atomic mass is 14.7. The summed E-state index contributed by atoms with van der Waals surface area (Å²) >= 11 is 0. The van der Waals surface area contributed by atoms with Gasteiger partial charge < -0.3 is 0 Å². The molecule has 3 rings (SSSR count). The van der Waals surface area contributed by atoms with E-state index in [-0.39, 0.29) is 10.8 Å². The number of fused-ring (bicyclic) bond motifs is 1. The summed E-state index contributed by atoms with van der Waals surface area (Å²) in [5.41, 5.74) is 4.07. The molecular formula is C23H27N. The smallest absolute Gasteiger partial charge is 0.0459 e. The van der Waals surface area contributed by atoms with Crippen LogP contribution in [0.3, 0.4) is 0 Å². The van der Waals surface area contributed by atoms with E-state index in [0.29, 0.717) is 0 Å². The van der Waals surface area contributed by atoms with Gasteiger partial charge in [-0.1, -0.05) is 77.1 Å². The van der Waals surface area contributed by atoms with Gasteiger partial charge in [0, 0.05) is 17.3 Å². The largest absolute Gasteiger partial charge is 0.261 e. The predicted molar refractivity (Wildman–Crippen MR) is 104 cm³/mol. The highest BCUT2D eigenvalue weighted by Crippen LogP contribution is 2.31. The van der Waals surface area contributed by atoms with Gasteiger partial charge in [-0.3, -0.25) is 4.98 Å². The van der Waals surface area contributed by atoms with Crippen molar-refractivity contribution < 1.29 is 0 Å². The maximum atomic E-state index is 4.55. The fourth-order valence-electron chi connectivity index (χ4n) is 3.22. The zero-order valence-corrected chi connectivity index (χ0v) is 15.4. The Morgan fingerprint density at radius 3 is 2.21 bits per heavy atom. The Morgan fingerprint density at radius 1 is 0.792 bits per heavy atom. The summed E-state index contributed by atoms with van der Waals surface area (Å²) in [6.45, 7) is 11.3. The van der Waals surface area contributed by atoms with Crippen LogP contribution < -0.4 is 0 Å². The van der Waals surface area contributed by atoms with Gasteiger partial charge in [0.05, 0.1) is 0 Å². The highest BCUT2D eigenvalue weighted by molar-refractivity contribution is 5.83. The first kappa shape index (κ1) is 16.7. The van der Waals surface area contributed by atoms with Gasteiger partial charge in [-0.25, -0.2) is 0 Å². The van der Waals surface area contributed by atoms with E-state index >= 15 is 0 Å². The molecule has 3 aromatic rings. The zero-order valence-electron chi connectivity index (χ0n) is 15.4. The lowest BCUT2D eigenvalue weighted by Crippen LogP contribution is -2.21. The van der Waals surface area contributed by atoms with Crippen molar-refractivity contribution in [1.29, 1.82) is 0 Å². The Bertz CT molecular complexity index is 853. The average Bonchev–Trinajstić information content (AvgIpc) is 2.53. The van der Waals surface area contributed by atoms with E-state index in [9.17, 15) is 0 Å². The molecule has 0 unspecified atom stereocenters. The summed E-state index contributed by atoms with van der Waals surface area (Å²) in [6, 6.07) is 19.8. The number of benzene rings is 2. The number of rotatable bonds is 3. The van der Waals surface area contributed by atoms with Crippen molar-refractivity contribution in [3.8, 4) is 0 Å². The molecule has 2 aromatic carbocycles. The molecule has 0 amide bonds. The summed E-state index contributed by atoms with van der Waals surface area (Å²) in [7, 11) is 0. The molecule has 1 aromatic heterocycles. The predicted octanol–water partition coefficient (Wildman–Crippen LogP) is 6.05. The minimum Gasteiger partial charge on any atom is -0.261 e. The second kappa shape index (κ2) is 6.05. The van der Waals surface area contributed by atoms with Crippen molar-refractivity contribution in [2.75, 3.05) is 0 Å². The van der Waals surface area contributed by atoms with Gasteiger partial charge in [0.1, 0.15) is 0 Å². The SMILES string of the molecule is CC(C)(C)c1cc(CC(C)(C)c2ccc3ccccc3c2)ccn1. The normalized spacial score (nSPS) is 12.5. The number of nitrogens with zero attached hydrogens (tertiary/aromatic N) is 1. The second-order valence-electron chi connectivity index (χ2n) is 8.42. The van der Waals surface area contributed by atoms with E-state index < -0.39 is 0 Å². The van der Waals surface area contributed by atoms with Crippen molar-refractivity contribution >= 4 is 10.8 Å². The minimum atomic E-state index is 0.0839. The van der Waals surface area contributed by atoms with Crippen molar-refractivity contribution in [2.45, 2.75) is 51.9 Å². The molecule has 1 nitrogen and oxygen atoms in total. The fourth-order valence-corrected chi connectivity index (χ4v) is 3.22. The van der Waals surface area contributed by atoms with Crippen LogP contribution in [0.2, 0.25) is 0 Å². The molecule has 0 spiro atoms. The van der Waals surface area contributed by atoms with E-state index in [0.717, 1.165) is 12.1 Å². The Balaban J connectivity index is 1.92. The van der Waals surface area contributed by atoms with Crippen LogP contribution in [-0.2, 0) is 17.3 Å². The first-order valence-corrected chi connectivity index (χ1v) is 8.70. The molecule has 0 N–H and O–H groups in total. The van der Waals surface area contributed by atoms with Crippen LogP contribution in [0, 0.1) is 0 Å². The minimum absolute atomic E-state index is 0.0839. The number of aromatic nitrogens is 1. The molecule has 0 fully saturated rings. The first-order valence-electron chi connectivity index (χ1n) is 8.70. The molecule has 0 aliphatic carbocycles. The van der Waals surface area contributed by atoms with Crippen LogP contribution in [0.5, 0.6) is 0 Å². The van der Waals surface area contributed by atoms with Crippen LogP contribution >= 0.6 is 0 Å². The summed E-state index contributed by atoms with van der Waals surface area (Å²) in [5, 5.41) is 2.61. The molecule has 124 valence electrons. The lowest BCUT2D eigenvalue weighted by Gasteiger charge is -2.27. The molecule has 0 bridgehead atoms. The van der Waals surface area contributed by atoms with Gasteiger partial charge in [-0.05, 0) is 45.9 Å². The Labute approximate surface area is 145 Å². The van der Waals surface area contributed by atoms with Crippen LogP contribution in [-0.4, -0.2) is 4.98 Å². The van der Waals surface area contributed by atoms with Crippen LogP contribution in [0.4, 0.5) is 0 Å². The van der Waals surface area contributed by atoms with Crippen molar-refractivity contribution in [1.82, 2.24) is 4.98 Å². The third kappa shape index (κ3) is 3.51. The second-order valence-corrected chi connectivity index (χ2v) is 8.42. The summed E-state index contributed by atoms with van der Waals surface area (Å²) in [6.07, 6.45) is 2.96. The lowest BCUT2D eigenvalue weighted by atomic mass is 9.78. The Morgan fingerprint density at radius 2 is 1.50 bits per heavy atom. The lowest BCUT2D eigenvalue weighted by molar-refractivity contribution is 0.518. The molecule has 24 heavy (non-hydrogen) atoms. The van der Waals surface area contributed by atoms with E-state index in [1.807, 2.05) is 6.20 Å². The topological polar surface area (TPSA) is 12.9 Å². The first-order chi connectivity index (χ1) is 11.3. The number of hydrogen-bond donors (Lipinski definition) is 0. The van der Waals surface area contributed by atoms with E-state index in [4.69, 9.17) is 0 Å². The van der Waals surface area contributed by atoms with Gasteiger partial charge >= 0.3 is 0 Å². The van der Waals surface area contributed by atoms with Gasteiger partial charge in [-0.2, -0.15) is 0 Å². The molecule has 0 saturated carbocycles. The van der Waals surface area contributed by atoms with E-state index in [1.165, 1.54) is 21.9 Å². The molecule has 0 aliphatic rings. The molecule has 0 radical (unpaired) electrons. The van der Waals surface area contributed by atoms with Crippen molar-refractivity contribution in [2.24, 2.45) is 0 Å². The molecule has 0 atom stereocenters. The van der Waals surface area contributed by atoms with Crippen LogP contribution in [0.1, 0.15) is 51.4 Å². The third-order valence-electron chi connectivity index (χ3n) is 4.77. The summed E-state index contributed by atoms with van der Waals surface area (Å²) in [4.78, 5) is 4.55. The van der Waals surface area contributed by atoms with Gasteiger partial charge in [0.25, 0.3) is 0 Å². The maximum absolute atomic E-state index is 4.55. The standard InChI is InChI=1S/C23H27N/c1-22(2,3)21-14-17(12-13-24-21)16-23(4,5)20-11-10-18-8-6-7-9-19(18)15-20/h6-15H,16H2,1-5H3. The summed E-state index contributed by atoms with van der Waals surface area (Å²) < 4.78 is 0. The highest BCUT2D eigenvalue weighted by Gasteiger charge is 2.23. The van der Waals surface area contributed by atoms with Gasteiger partial charge in [-0.15, -0.1) is 0 Å². The quantitative estimate of drug-likeness (QED) is 0.573. The molecule has 0 saturated heterocycles. The Hall–Kier alpha value is -2.15. The maximum Gasteiger partial charge on any atom is 0.0459 e.